The number of anilines is 2. The first-order valence-electron chi connectivity index (χ1n) is 17.0. The van der Waals surface area contributed by atoms with Gasteiger partial charge in [0.25, 0.3) is 12.0 Å². The van der Waals surface area contributed by atoms with Gasteiger partial charge in [-0.25, -0.2) is 4.39 Å². The summed E-state index contributed by atoms with van der Waals surface area (Å²) in [6.07, 6.45) is -2.94. The van der Waals surface area contributed by atoms with E-state index in [0.29, 0.717) is 48.3 Å². The van der Waals surface area contributed by atoms with E-state index in [1.165, 1.54) is 24.9 Å². The minimum atomic E-state index is -4.96. The smallest absolute Gasteiger partial charge is 0.418 e. The first-order valence-corrected chi connectivity index (χ1v) is 17.7. The van der Waals surface area contributed by atoms with Gasteiger partial charge in [-0.05, 0) is 50.3 Å². The van der Waals surface area contributed by atoms with Gasteiger partial charge < -0.3 is 25.0 Å². The summed E-state index contributed by atoms with van der Waals surface area (Å²) in [5, 5.41) is 3.90. The Morgan fingerprint density at radius 1 is 1.15 bits per heavy atom. The van der Waals surface area contributed by atoms with Gasteiger partial charge in [0.05, 0.1) is 59.0 Å². The van der Waals surface area contributed by atoms with E-state index < -0.39 is 46.0 Å². The third-order valence-electron chi connectivity index (χ3n) is 9.87. The third kappa shape index (κ3) is 8.03. The van der Waals surface area contributed by atoms with Crippen molar-refractivity contribution in [3.8, 4) is 6.01 Å². The Morgan fingerprint density at radius 3 is 2.57 bits per heavy atom. The zero-order valence-corrected chi connectivity index (χ0v) is 30.6. The average Bonchev–Trinajstić information content (AvgIpc) is 3.72. The van der Waals surface area contributed by atoms with E-state index in [-0.39, 0.29) is 48.1 Å². The number of amides is 1. The van der Waals surface area contributed by atoms with Crippen LogP contribution in [-0.2, 0) is 37.0 Å². The molecule has 288 valence electrons. The Balaban J connectivity index is 0.000000337. The Morgan fingerprint density at radius 2 is 1.91 bits per heavy atom. The second-order valence-electron chi connectivity index (χ2n) is 13.6. The molecule has 0 bridgehead atoms. The number of methoxy groups -OCH3 is 1. The minimum Gasteiger partial charge on any atom is -0.467 e. The highest BCUT2D eigenvalue weighted by atomic mass is 35.5. The first-order chi connectivity index (χ1) is 25.1. The maximum Gasteiger partial charge on any atom is 0.418 e. The summed E-state index contributed by atoms with van der Waals surface area (Å²) in [6.45, 7) is 2.96. The maximum absolute atomic E-state index is 15.1. The molecule has 3 atom stereocenters. The number of carbonyl (C=O) groups excluding carboxylic acids is 1. The lowest BCUT2D eigenvalue weighted by Gasteiger charge is -2.31. The van der Waals surface area contributed by atoms with Gasteiger partial charge in [0, 0.05) is 57.3 Å². The number of hydrogen-bond donors (Lipinski definition) is 1. The van der Waals surface area contributed by atoms with Gasteiger partial charge >= 0.3 is 12.2 Å². The number of fused-ring (bicyclic) bond motifs is 3. The van der Waals surface area contributed by atoms with Crippen LogP contribution in [0.3, 0.4) is 0 Å². The van der Waals surface area contributed by atoms with Gasteiger partial charge in [-0.2, -0.15) is 37.0 Å². The number of nitrogen functional groups attached to an aromatic ring is 1. The van der Waals surface area contributed by atoms with E-state index in [1.807, 2.05) is 4.90 Å². The number of halogens is 8. The molecule has 0 spiro atoms. The maximum atomic E-state index is 15.1. The van der Waals surface area contributed by atoms with Crippen molar-refractivity contribution in [1.29, 1.82) is 0 Å². The second kappa shape index (κ2) is 15.5. The number of nitrogens with two attached hydrogens (primary N) is 1. The van der Waals surface area contributed by atoms with Crippen LogP contribution in [0.1, 0.15) is 70.4 Å². The molecule has 19 heteroatoms. The molecule has 53 heavy (non-hydrogen) atoms. The summed E-state index contributed by atoms with van der Waals surface area (Å²) in [6, 6.07) is 1.30. The molecule has 0 radical (unpaired) electrons. The van der Waals surface area contributed by atoms with E-state index in [4.69, 9.17) is 38.4 Å². The lowest BCUT2D eigenvalue weighted by molar-refractivity contribution is -0.140. The van der Waals surface area contributed by atoms with Crippen molar-refractivity contribution >= 4 is 40.6 Å². The molecule has 2 aromatic heterocycles. The highest BCUT2D eigenvalue weighted by Gasteiger charge is 2.42. The molecule has 3 aromatic rings. The zero-order chi connectivity index (χ0) is 38.4. The van der Waals surface area contributed by atoms with Gasteiger partial charge in [-0.1, -0.05) is 23.2 Å². The molecule has 11 nitrogen and oxygen atoms in total. The fourth-order valence-corrected chi connectivity index (χ4v) is 8.07. The van der Waals surface area contributed by atoms with Crippen LogP contribution in [0.2, 0.25) is 10.0 Å². The monoisotopic (exact) mass is 790 g/mol. The highest BCUT2D eigenvalue weighted by Crippen LogP contribution is 2.46. The van der Waals surface area contributed by atoms with Crippen molar-refractivity contribution in [1.82, 2.24) is 29.5 Å². The third-order valence-corrected chi connectivity index (χ3v) is 10.6. The molecule has 4 aliphatic heterocycles. The molecule has 3 unspecified atom stereocenters. The molecule has 1 amide bonds. The quantitative estimate of drug-likeness (QED) is 0.218. The predicted octanol–water partition coefficient (Wildman–Crippen LogP) is 6.91. The van der Waals surface area contributed by atoms with Crippen LogP contribution in [0.25, 0.3) is 0 Å². The molecule has 6 heterocycles. The van der Waals surface area contributed by atoms with Crippen molar-refractivity contribution in [2.45, 2.75) is 70.1 Å². The SMILES string of the molecule is COc1nc2c(c(N3CCCn4nc(C(=O)N(C)C)c(Cl)c4C3)n1)COC(c1c(F)c(N)cc(Cl)c1C(F)(F)F)C2.FC(F)=CC1CC2CCCN2C1. The number of alkyl halides is 3. The number of benzene rings is 1. The van der Waals surface area contributed by atoms with E-state index in [9.17, 15) is 26.7 Å². The number of nitrogens with zero attached hydrogens (tertiary/aromatic N) is 7. The predicted molar refractivity (Wildman–Crippen MR) is 185 cm³/mol. The van der Waals surface area contributed by atoms with Crippen molar-refractivity contribution in [3.63, 3.8) is 0 Å². The number of aromatic nitrogens is 4. The summed E-state index contributed by atoms with van der Waals surface area (Å²) >= 11 is 12.5. The number of ether oxygens (including phenoxy) is 2. The van der Waals surface area contributed by atoms with E-state index in [0.717, 1.165) is 31.7 Å². The van der Waals surface area contributed by atoms with Gasteiger partial charge in [-0.3, -0.25) is 14.4 Å². The van der Waals surface area contributed by atoms with Gasteiger partial charge in [0.15, 0.2) is 11.5 Å². The van der Waals surface area contributed by atoms with Crippen LogP contribution < -0.4 is 15.4 Å². The summed E-state index contributed by atoms with van der Waals surface area (Å²) in [4.78, 5) is 27.1. The Kier molecular flexibility index (Phi) is 11.4. The van der Waals surface area contributed by atoms with Crippen LogP contribution in [0.5, 0.6) is 6.01 Å². The fraction of sp³-hybridized carbons (Fsp3) is 0.529. The lowest BCUT2D eigenvalue weighted by Crippen LogP contribution is -2.29. The van der Waals surface area contributed by atoms with E-state index in [1.54, 1.807) is 18.8 Å². The molecular weight excluding hydrogens is 753 g/mol. The van der Waals surface area contributed by atoms with Crippen molar-refractivity contribution in [2.24, 2.45) is 5.92 Å². The van der Waals surface area contributed by atoms with Crippen LogP contribution in [0.15, 0.2) is 18.2 Å². The molecule has 4 aliphatic rings. The highest BCUT2D eigenvalue weighted by molar-refractivity contribution is 6.34. The number of hydrogen-bond acceptors (Lipinski definition) is 9. The Bertz CT molecular complexity index is 1890. The number of carbonyl (C=O) groups is 1. The molecule has 0 saturated carbocycles. The van der Waals surface area contributed by atoms with E-state index >= 15 is 4.39 Å². The summed E-state index contributed by atoms with van der Waals surface area (Å²) in [5.41, 5.74) is 4.52. The number of rotatable bonds is 5. The van der Waals surface area contributed by atoms with Crippen LogP contribution in [0, 0.1) is 11.7 Å². The summed E-state index contributed by atoms with van der Waals surface area (Å²) in [7, 11) is 4.56. The standard InChI is InChI=1S/C25H25Cl2F4N7O3.C9H13F2N/c1-36(2)23(39)21-19(27)15-9-37(5-4-6-38(15)35-21)22-11-10-41-16(8-14(11)33-24(34-22)40-3)17-18(25(29,30)31)12(26)7-13(32)20(17)28;10-9(11)5-7-4-8-2-1-3-12(8)6-7/h7,16H,4-6,8-10,32H2,1-3H3;5,7-8H,1-4,6H2. The molecule has 7 rings (SSSR count). The summed E-state index contributed by atoms with van der Waals surface area (Å²) in [5.74, 6) is -1.07. The topological polar surface area (TPSA) is 115 Å². The van der Waals surface area contributed by atoms with Crippen molar-refractivity contribution in [3.05, 3.63) is 67.9 Å². The van der Waals surface area contributed by atoms with Crippen molar-refractivity contribution < 1.29 is 40.6 Å². The van der Waals surface area contributed by atoms with E-state index in [2.05, 4.69) is 20.0 Å². The lowest BCUT2D eigenvalue weighted by atomic mass is 9.93. The van der Waals surface area contributed by atoms with Gasteiger partial charge in [-0.15, -0.1) is 0 Å². The zero-order valence-electron chi connectivity index (χ0n) is 29.1. The van der Waals surface area contributed by atoms with Gasteiger partial charge in [0.2, 0.25) is 0 Å². The van der Waals surface area contributed by atoms with Crippen LogP contribution in [0.4, 0.5) is 37.8 Å². The summed E-state index contributed by atoms with van der Waals surface area (Å²) < 4.78 is 93.5. The molecule has 1 aromatic carbocycles. The average molecular weight is 792 g/mol. The minimum absolute atomic E-state index is 0.0335. The normalized spacial score (nSPS) is 21.2. The van der Waals surface area contributed by atoms with Crippen LogP contribution >= 0.6 is 23.2 Å². The Labute approximate surface area is 311 Å². The fourth-order valence-electron chi connectivity index (χ4n) is 7.46. The largest absolute Gasteiger partial charge is 0.467 e. The number of aryl methyl sites for hydroxylation is 1. The molecule has 2 N–H and O–H groups in total. The Hall–Kier alpha value is -3.80. The molecule has 0 aliphatic carbocycles. The van der Waals surface area contributed by atoms with Crippen LogP contribution in [-0.4, -0.2) is 82.3 Å². The van der Waals surface area contributed by atoms with Crippen molar-refractivity contribution in [2.75, 3.05) is 51.5 Å². The molecule has 2 saturated heterocycles. The van der Waals surface area contributed by atoms with Gasteiger partial charge in [0.1, 0.15) is 5.82 Å². The first kappa shape index (κ1) is 38.9. The molecule has 2 fully saturated rings. The second-order valence-corrected chi connectivity index (χ2v) is 14.3. The molecular formula is C34H38Cl2F6N8O3.